The molecule has 3 unspecified atom stereocenters. The molecule has 1 amide bonds. The van der Waals surface area contributed by atoms with Crippen molar-refractivity contribution >= 4 is 13.7 Å². The number of nitrogens with zero attached hydrogens (tertiary/aromatic N) is 1. The normalized spacial score (nSPS) is 14.6. The topological polar surface area (TPSA) is 108 Å². The molecule has 2 N–H and O–H groups in total. The summed E-state index contributed by atoms with van der Waals surface area (Å²) in [5.41, 5.74) is 0. The van der Waals surface area contributed by atoms with Gasteiger partial charge in [0.1, 0.15) is 13.2 Å². The van der Waals surface area contributed by atoms with Gasteiger partial charge >= 0.3 is 0 Å². The minimum Gasteiger partial charge on any atom is -0.756 e. The Labute approximate surface area is 470 Å². The van der Waals surface area contributed by atoms with E-state index < -0.39 is 26.6 Å². The molecule has 9 heteroatoms. The van der Waals surface area contributed by atoms with Crippen LogP contribution in [0.25, 0.3) is 0 Å². The van der Waals surface area contributed by atoms with Gasteiger partial charge < -0.3 is 28.8 Å². The molecule has 0 rings (SSSR count). The number of aliphatic hydroxyl groups excluding tert-OH is 1. The highest BCUT2D eigenvalue weighted by molar-refractivity contribution is 7.45. The van der Waals surface area contributed by atoms with Crippen LogP contribution in [-0.2, 0) is 18.4 Å². The van der Waals surface area contributed by atoms with Gasteiger partial charge in [0.25, 0.3) is 7.82 Å². The van der Waals surface area contributed by atoms with E-state index in [0.717, 1.165) is 83.5 Å². The molecule has 0 saturated carbocycles. The molecule has 0 aliphatic heterocycles. The summed E-state index contributed by atoms with van der Waals surface area (Å²) in [5.74, 6) is -0.213. The van der Waals surface area contributed by atoms with E-state index in [1.807, 2.05) is 27.2 Å². The molecule has 0 fully saturated rings. The van der Waals surface area contributed by atoms with Crippen molar-refractivity contribution in [2.75, 3.05) is 40.9 Å². The van der Waals surface area contributed by atoms with Gasteiger partial charge in [0.2, 0.25) is 5.91 Å². The summed E-state index contributed by atoms with van der Waals surface area (Å²) in [6.07, 6.45) is 83.3. The maximum absolute atomic E-state index is 13.0. The average molecular weight is 1080 g/mol. The van der Waals surface area contributed by atoms with Crippen molar-refractivity contribution in [3.05, 3.63) is 109 Å². The minimum atomic E-state index is -4.62. The smallest absolute Gasteiger partial charge is 0.268 e. The quantitative estimate of drug-likeness (QED) is 0.0272. The van der Waals surface area contributed by atoms with E-state index >= 15 is 0 Å². The van der Waals surface area contributed by atoms with E-state index in [-0.39, 0.29) is 12.5 Å². The molecule has 76 heavy (non-hydrogen) atoms. The van der Waals surface area contributed by atoms with E-state index in [2.05, 4.69) is 116 Å². The van der Waals surface area contributed by atoms with E-state index in [0.29, 0.717) is 17.4 Å². The molecule has 8 nitrogen and oxygen atoms in total. The van der Waals surface area contributed by atoms with E-state index in [1.165, 1.54) is 154 Å². The Balaban J connectivity index is 4.14. The Kier molecular flexibility index (Phi) is 54.7. The number of phosphoric ester groups is 1. The monoisotopic (exact) mass is 1080 g/mol. The predicted molar refractivity (Wildman–Crippen MR) is 329 cm³/mol. The number of unbranched alkanes of at least 4 members (excludes halogenated alkanes) is 27. The number of aliphatic hydroxyl groups is 1. The van der Waals surface area contributed by atoms with Crippen molar-refractivity contribution in [3.63, 3.8) is 0 Å². The van der Waals surface area contributed by atoms with Crippen molar-refractivity contribution in [1.82, 2.24) is 5.32 Å². The standard InChI is InChI=1S/C67H119N2O6P/c1-6-8-10-12-14-16-18-20-22-24-26-27-28-29-30-31-32-33-34-35-36-37-38-39-40-41-43-45-47-49-51-53-55-57-59-61-67(71)68-65(64-75-76(72,73)74-63-62-69(3,4)5)66(70)60-58-56-54-52-50-48-46-44-42-25-23-21-19-17-15-13-11-9-7-2/h8,10,14,16,20,22,26-27,29-30,32-33,42,44,50,52,58,60,65-66,70H,6-7,9,11-13,15,17-19,21,23-25,28,31,34-41,43,45-49,51,53-57,59,61-64H2,1-5H3,(H-,68,71,72,73)/b10-8-,16-14-,22-20-,27-26-,30-29-,33-32-,44-42+,52-50+,60-58+. The van der Waals surface area contributed by atoms with Crippen LogP contribution in [0.1, 0.15) is 258 Å². The van der Waals surface area contributed by atoms with Crippen LogP contribution in [0, 0.1) is 0 Å². The Hall–Kier alpha value is -2.84. The minimum absolute atomic E-state index is 0.0125. The fourth-order valence-corrected chi connectivity index (χ4v) is 9.32. The molecule has 0 aliphatic carbocycles. The van der Waals surface area contributed by atoms with Crippen LogP contribution in [0.4, 0.5) is 0 Å². The zero-order valence-corrected chi connectivity index (χ0v) is 50.8. The highest BCUT2D eigenvalue weighted by atomic mass is 31.2. The third kappa shape index (κ3) is 58.8. The lowest BCUT2D eigenvalue weighted by atomic mass is 10.0. The third-order valence-electron chi connectivity index (χ3n) is 13.4. The summed E-state index contributed by atoms with van der Waals surface area (Å²) in [7, 11) is 1.23. The second-order valence-electron chi connectivity index (χ2n) is 22.0. The van der Waals surface area contributed by atoms with Gasteiger partial charge in [-0.2, -0.15) is 0 Å². The lowest BCUT2D eigenvalue weighted by Gasteiger charge is -2.29. The molecule has 3 atom stereocenters. The summed E-state index contributed by atoms with van der Waals surface area (Å²) in [4.78, 5) is 25.5. The lowest BCUT2D eigenvalue weighted by molar-refractivity contribution is -0.870. The van der Waals surface area contributed by atoms with Gasteiger partial charge in [0.15, 0.2) is 0 Å². The lowest BCUT2D eigenvalue weighted by Crippen LogP contribution is -2.45. The second-order valence-corrected chi connectivity index (χ2v) is 23.4. The average Bonchev–Trinajstić information content (AvgIpc) is 3.38. The molecule has 438 valence electrons. The summed E-state index contributed by atoms with van der Waals surface area (Å²) in [6.45, 7) is 4.51. The summed E-state index contributed by atoms with van der Waals surface area (Å²) in [5, 5.41) is 13.9. The van der Waals surface area contributed by atoms with Gasteiger partial charge in [-0.1, -0.05) is 264 Å². The maximum Gasteiger partial charge on any atom is 0.268 e. The van der Waals surface area contributed by atoms with Crippen LogP contribution in [0.3, 0.4) is 0 Å². The molecule has 0 aliphatic rings. The number of quaternary nitrogens is 1. The van der Waals surface area contributed by atoms with Crippen molar-refractivity contribution in [2.24, 2.45) is 0 Å². The van der Waals surface area contributed by atoms with Crippen molar-refractivity contribution in [1.29, 1.82) is 0 Å². The van der Waals surface area contributed by atoms with Crippen molar-refractivity contribution in [2.45, 2.75) is 270 Å². The number of nitrogens with one attached hydrogen (secondary N) is 1. The Morgan fingerprint density at radius 2 is 0.816 bits per heavy atom. The number of likely N-dealkylation sites (N-methyl/N-ethyl adjacent to an activating group) is 1. The number of phosphoric acid groups is 1. The van der Waals surface area contributed by atoms with E-state index in [4.69, 9.17) is 9.05 Å². The Morgan fingerprint density at radius 3 is 1.22 bits per heavy atom. The zero-order chi connectivity index (χ0) is 55.6. The van der Waals surface area contributed by atoms with Gasteiger partial charge in [0.05, 0.1) is 39.9 Å². The number of amides is 1. The van der Waals surface area contributed by atoms with Crippen LogP contribution in [-0.4, -0.2) is 68.5 Å². The number of rotatable bonds is 56. The van der Waals surface area contributed by atoms with Gasteiger partial charge in [-0.3, -0.25) is 9.36 Å². The summed E-state index contributed by atoms with van der Waals surface area (Å²) < 4.78 is 23.4. The second kappa shape index (κ2) is 56.9. The van der Waals surface area contributed by atoms with Crippen molar-refractivity contribution < 1.29 is 32.9 Å². The first-order chi connectivity index (χ1) is 37.0. The highest BCUT2D eigenvalue weighted by Gasteiger charge is 2.23. The van der Waals surface area contributed by atoms with E-state index in [1.54, 1.807) is 6.08 Å². The molecular formula is C67H119N2O6P. The van der Waals surface area contributed by atoms with Crippen LogP contribution in [0.5, 0.6) is 0 Å². The number of allylic oxidation sites excluding steroid dienone is 17. The summed E-state index contributed by atoms with van der Waals surface area (Å²) in [6, 6.07) is -0.916. The predicted octanol–water partition coefficient (Wildman–Crippen LogP) is 18.9. The summed E-state index contributed by atoms with van der Waals surface area (Å²) >= 11 is 0. The Morgan fingerprint density at radius 1 is 0.474 bits per heavy atom. The maximum atomic E-state index is 13.0. The fourth-order valence-electron chi connectivity index (χ4n) is 8.60. The molecule has 0 radical (unpaired) electrons. The molecule has 0 saturated heterocycles. The highest BCUT2D eigenvalue weighted by Crippen LogP contribution is 2.38. The fraction of sp³-hybridized carbons (Fsp3) is 0.716. The van der Waals surface area contributed by atoms with Crippen LogP contribution >= 0.6 is 7.82 Å². The van der Waals surface area contributed by atoms with Crippen LogP contribution in [0.15, 0.2) is 109 Å². The first-order valence-corrected chi connectivity index (χ1v) is 32.7. The number of hydrogen-bond acceptors (Lipinski definition) is 6. The van der Waals surface area contributed by atoms with Crippen LogP contribution in [0.2, 0.25) is 0 Å². The Bertz CT molecular complexity index is 1600. The number of hydrogen-bond donors (Lipinski definition) is 2. The third-order valence-corrected chi connectivity index (χ3v) is 14.4. The molecule has 0 aromatic rings. The van der Waals surface area contributed by atoms with Gasteiger partial charge in [-0.05, 0) is 96.3 Å². The number of carbonyl (C=O) groups is 1. The molecule has 0 aromatic heterocycles. The molecule has 0 aromatic carbocycles. The number of carbonyl (C=O) groups excluding carboxylic acids is 1. The van der Waals surface area contributed by atoms with Crippen LogP contribution < -0.4 is 10.2 Å². The van der Waals surface area contributed by atoms with E-state index in [9.17, 15) is 19.4 Å². The SMILES string of the molecule is CC/C=C\C/C=C\C/C=C\C/C=C\C/C=C\C/C=C\CCCCCCCCCCCCCCCCCCC(=O)NC(COP(=O)([O-])OCC[N+](C)(C)C)C(O)/C=C/CC/C=C/CC/C=C/CCCCCCCCCCC. The first kappa shape index (κ1) is 73.2. The van der Waals surface area contributed by atoms with Gasteiger partial charge in [-0.15, -0.1) is 0 Å². The largest absolute Gasteiger partial charge is 0.756 e. The first-order valence-electron chi connectivity index (χ1n) is 31.2. The van der Waals surface area contributed by atoms with Gasteiger partial charge in [0, 0.05) is 6.42 Å². The molecular weight excluding hydrogens is 960 g/mol. The van der Waals surface area contributed by atoms with Crippen molar-refractivity contribution in [3.8, 4) is 0 Å². The molecule has 0 heterocycles. The zero-order valence-electron chi connectivity index (χ0n) is 49.9. The molecule has 0 spiro atoms. The van der Waals surface area contributed by atoms with Gasteiger partial charge in [-0.25, -0.2) is 0 Å². The molecule has 0 bridgehead atoms.